The molecule has 0 heterocycles. The molecule has 0 fully saturated rings. The highest BCUT2D eigenvalue weighted by atomic mass is 32.2. The van der Waals surface area contributed by atoms with Crippen LogP contribution in [0.2, 0.25) is 0 Å². The van der Waals surface area contributed by atoms with Crippen molar-refractivity contribution in [1.82, 2.24) is 0 Å². The maximum Gasteiger partial charge on any atom is 0.322 e. The number of hydrogen-bond acceptors (Lipinski definition) is 3. The lowest BCUT2D eigenvalue weighted by Gasteiger charge is -2.27. The Morgan fingerprint density at radius 2 is 2.00 bits per heavy atom. The second-order valence-electron chi connectivity index (χ2n) is 6.12. The van der Waals surface area contributed by atoms with E-state index in [-0.39, 0.29) is 11.7 Å². The second-order valence-corrected chi connectivity index (χ2v) is 8.29. The number of benzene rings is 1. The van der Waals surface area contributed by atoms with Crippen molar-refractivity contribution in [2.45, 2.75) is 44.3 Å². The summed E-state index contributed by atoms with van der Waals surface area (Å²) < 4.78 is 25.0. The molecule has 2 atom stereocenters. The molecule has 0 radical (unpaired) electrons. The molecule has 1 aliphatic carbocycles. The number of aliphatic carboxylic acids is 1. The van der Waals surface area contributed by atoms with Crippen LogP contribution in [0.3, 0.4) is 0 Å². The first kappa shape index (κ1) is 16.0. The van der Waals surface area contributed by atoms with E-state index in [9.17, 15) is 18.3 Å². The van der Waals surface area contributed by atoms with E-state index in [0.29, 0.717) is 0 Å². The summed E-state index contributed by atoms with van der Waals surface area (Å²) in [7, 11) is -3.66. The maximum atomic E-state index is 12.5. The van der Waals surface area contributed by atoms with E-state index in [1.165, 1.54) is 5.56 Å². The van der Waals surface area contributed by atoms with Gasteiger partial charge in [-0.15, -0.1) is 0 Å². The van der Waals surface area contributed by atoms with Crippen LogP contribution in [0, 0.1) is 5.92 Å². The quantitative estimate of drug-likeness (QED) is 0.907. The summed E-state index contributed by atoms with van der Waals surface area (Å²) in [5, 5.41) is 7.91. The first-order chi connectivity index (χ1) is 9.83. The van der Waals surface area contributed by atoms with Crippen molar-refractivity contribution in [2.24, 2.45) is 5.92 Å². The standard InChI is InChI=1S/C16H22O4S/c1-11(2)15(16(17)18)21(19,20)10-13-8-5-7-12-6-3-4-9-14(12)13/h3-4,6,9,11,13,15H,5,7-8,10H2,1-2H3,(H,17,18). The van der Waals surface area contributed by atoms with Crippen LogP contribution in [-0.2, 0) is 21.1 Å². The Labute approximate surface area is 126 Å². The number of carbonyl (C=O) groups is 1. The molecule has 0 bridgehead atoms. The summed E-state index contributed by atoms with van der Waals surface area (Å²) in [6.07, 6.45) is 2.73. The van der Waals surface area contributed by atoms with Gasteiger partial charge in [-0.2, -0.15) is 0 Å². The minimum absolute atomic E-state index is 0.0703. The minimum Gasteiger partial charge on any atom is -0.480 e. The van der Waals surface area contributed by atoms with E-state index in [4.69, 9.17) is 0 Å². The third-order valence-electron chi connectivity index (χ3n) is 4.16. The number of carboxylic acids is 1. The molecule has 2 unspecified atom stereocenters. The van der Waals surface area contributed by atoms with Gasteiger partial charge in [0.1, 0.15) is 0 Å². The molecule has 1 aliphatic rings. The molecule has 0 aromatic heterocycles. The SMILES string of the molecule is CC(C)C(C(=O)O)S(=O)(=O)CC1CCCc2ccccc21. The summed E-state index contributed by atoms with van der Waals surface area (Å²) in [5.74, 6) is -1.82. The third-order valence-corrected chi connectivity index (χ3v) is 6.55. The first-order valence-electron chi connectivity index (χ1n) is 7.35. The molecule has 0 saturated carbocycles. The molecule has 0 aliphatic heterocycles. The van der Waals surface area contributed by atoms with Crippen molar-refractivity contribution in [2.75, 3.05) is 5.75 Å². The van der Waals surface area contributed by atoms with Crippen molar-refractivity contribution in [3.05, 3.63) is 35.4 Å². The van der Waals surface area contributed by atoms with Crippen molar-refractivity contribution in [3.8, 4) is 0 Å². The van der Waals surface area contributed by atoms with Crippen LogP contribution in [0.4, 0.5) is 0 Å². The van der Waals surface area contributed by atoms with Gasteiger partial charge < -0.3 is 5.11 Å². The number of aryl methyl sites for hydroxylation is 1. The number of rotatable bonds is 5. The van der Waals surface area contributed by atoms with Gasteiger partial charge in [-0.3, -0.25) is 4.79 Å². The normalized spacial score (nSPS) is 20.0. The number of hydrogen-bond donors (Lipinski definition) is 1. The molecular formula is C16H22O4S. The summed E-state index contributed by atoms with van der Waals surface area (Å²) in [4.78, 5) is 11.3. The van der Waals surface area contributed by atoms with E-state index < -0.39 is 27.0 Å². The zero-order valence-corrected chi connectivity index (χ0v) is 13.3. The fraction of sp³-hybridized carbons (Fsp3) is 0.562. The predicted molar refractivity (Wildman–Crippen MR) is 82.2 cm³/mol. The second kappa shape index (κ2) is 6.18. The lowest BCUT2D eigenvalue weighted by Crippen LogP contribution is -2.38. The summed E-state index contributed by atoms with van der Waals surface area (Å²) in [5.41, 5.74) is 2.26. The van der Waals surface area contributed by atoms with Crippen molar-refractivity contribution >= 4 is 15.8 Å². The smallest absolute Gasteiger partial charge is 0.322 e. The molecule has 116 valence electrons. The van der Waals surface area contributed by atoms with Gasteiger partial charge in [0, 0.05) is 0 Å². The topological polar surface area (TPSA) is 71.4 Å². The van der Waals surface area contributed by atoms with E-state index in [1.54, 1.807) is 13.8 Å². The number of sulfone groups is 1. The number of fused-ring (bicyclic) bond motifs is 1. The molecule has 5 heteroatoms. The monoisotopic (exact) mass is 310 g/mol. The maximum absolute atomic E-state index is 12.5. The van der Waals surface area contributed by atoms with Gasteiger partial charge in [-0.1, -0.05) is 38.1 Å². The van der Waals surface area contributed by atoms with Gasteiger partial charge >= 0.3 is 5.97 Å². The molecular weight excluding hydrogens is 288 g/mol. The van der Waals surface area contributed by atoms with Crippen LogP contribution in [0.15, 0.2) is 24.3 Å². The minimum atomic E-state index is -3.66. The van der Waals surface area contributed by atoms with Crippen LogP contribution < -0.4 is 0 Å². The summed E-state index contributed by atoms with van der Waals surface area (Å²) in [6, 6.07) is 7.88. The Bertz CT molecular complexity index is 619. The summed E-state index contributed by atoms with van der Waals surface area (Å²) in [6.45, 7) is 3.29. The van der Waals surface area contributed by atoms with Crippen molar-refractivity contribution in [3.63, 3.8) is 0 Å². The Kier molecular flexibility index (Phi) is 4.71. The van der Waals surface area contributed by atoms with Gasteiger partial charge in [0.15, 0.2) is 15.1 Å². The molecule has 0 spiro atoms. The van der Waals surface area contributed by atoms with Gasteiger partial charge in [0.2, 0.25) is 0 Å². The molecule has 1 aromatic rings. The highest BCUT2D eigenvalue weighted by molar-refractivity contribution is 7.92. The van der Waals surface area contributed by atoms with Crippen molar-refractivity contribution < 1.29 is 18.3 Å². The van der Waals surface area contributed by atoms with Gasteiger partial charge in [-0.05, 0) is 42.2 Å². The molecule has 0 saturated heterocycles. The average Bonchev–Trinajstić information content (AvgIpc) is 2.37. The van der Waals surface area contributed by atoms with Gasteiger partial charge in [-0.25, -0.2) is 8.42 Å². The Hall–Kier alpha value is -1.36. The Balaban J connectivity index is 2.28. The van der Waals surface area contributed by atoms with E-state index in [0.717, 1.165) is 24.8 Å². The molecule has 4 nitrogen and oxygen atoms in total. The molecule has 1 aromatic carbocycles. The molecule has 21 heavy (non-hydrogen) atoms. The highest BCUT2D eigenvalue weighted by Gasteiger charge is 2.37. The summed E-state index contributed by atoms with van der Waals surface area (Å²) >= 11 is 0. The van der Waals surface area contributed by atoms with Gasteiger partial charge in [0.25, 0.3) is 0 Å². The van der Waals surface area contributed by atoms with Crippen LogP contribution in [0.5, 0.6) is 0 Å². The van der Waals surface area contributed by atoms with E-state index in [1.807, 2.05) is 24.3 Å². The molecule has 0 amide bonds. The predicted octanol–water partition coefficient (Wildman–Crippen LogP) is 2.63. The zero-order chi connectivity index (χ0) is 15.6. The first-order valence-corrected chi connectivity index (χ1v) is 9.06. The lowest BCUT2D eigenvalue weighted by molar-refractivity contribution is -0.137. The Morgan fingerprint density at radius 1 is 1.33 bits per heavy atom. The van der Waals surface area contributed by atoms with E-state index in [2.05, 4.69) is 0 Å². The zero-order valence-electron chi connectivity index (χ0n) is 12.5. The average molecular weight is 310 g/mol. The highest BCUT2D eigenvalue weighted by Crippen LogP contribution is 2.33. The van der Waals surface area contributed by atoms with E-state index >= 15 is 0 Å². The third kappa shape index (κ3) is 3.46. The Morgan fingerprint density at radius 3 is 2.62 bits per heavy atom. The van der Waals surface area contributed by atoms with Gasteiger partial charge in [0.05, 0.1) is 5.75 Å². The largest absolute Gasteiger partial charge is 0.480 e. The van der Waals surface area contributed by atoms with Crippen LogP contribution in [0.1, 0.15) is 43.7 Å². The van der Waals surface area contributed by atoms with Crippen LogP contribution >= 0.6 is 0 Å². The number of carboxylic acid groups (broad SMARTS) is 1. The molecule has 1 N–H and O–H groups in total. The van der Waals surface area contributed by atoms with Crippen LogP contribution in [-0.4, -0.2) is 30.5 Å². The van der Waals surface area contributed by atoms with Crippen LogP contribution in [0.25, 0.3) is 0 Å². The molecule has 2 rings (SSSR count). The van der Waals surface area contributed by atoms with Crippen molar-refractivity contribution in [1.29, 1.82) is 0 Å². The fourth-order valence-corrected chi connectivity index (χ4v) is 5.52. The fourth-order valence-electron chi connectivity index (χ4n) is 3.27. The lowest BCUT2D eigenvalue weighted by atomic mass is 9.84.